The summed E-state index contributed by atoms with van der Waals surface area (Å²) in [5.41, 5.74) is 0. The molecule has 2 aliphatic heterocycles. The van der Waals surface area contributed by atoms with Crippen molar-refractivity contribution < 1.29 is 18.7 Å². The number of rotatable bonds is 5. The number of morpholine rings is 1. The van der Waals surface area contributed by atoms with Gasteiger partial charge in [0.05, 0.1) is 26.4 Å². The average Bonchev–Trinajstić information content (AvgIpc) is 3.12. The first-order chi connectivity index (χ1) is 11.7. The van der Waals surface area contributed by atoms with Gasteiger partial charge in [-0.15, -0.1) is 0 Å². The van der Waals surface area contributed by atoms with Crippen LogP contribution in [0.2, 0.25) is 0 Å². The Balaban J connectivity index is 1.67. The lowest BCUT2D eigenvalue weighted by molar-refractivity contribution is 0.00685. The van der Waals surface area contributed by atoms with Gasteiger partial charge in [0.25, 0.3) is 0 Å². The first-order valence-corrected chi connectivity index (χ1v) is 8.93. The van der Waals surface area contributed by atoms with Gasteiger partial charge in [0.1, 0.15) is 5.76 Å². The second-order valence-corrected chi connectivity index (χ2v) is 6.67. The minimum Gasteiger partial charge on any atom is -0.463 e. The number of piperidine rings is 1. The Morgan fingerprint density at radius 3 is 2.83 bits per heavy atom. The predicted molar refractivity (Wildman–Crippen MR) is 90.1 cm³/mol. The molecule has 0 saturated carbocycles. The topological polar surface area (TPSA) is 55.2 Å². The summed E-state index contributed by atoms with van der Waals surface area (Å²) in [7, 11) is 1.37. The van der Waals surface area contributed by atoms with Gasteiger partial charge in [0, 0.05) is 25.7 Å². The van der Waals surface area contributed by atoms with Crippen molar-refractivity contribution in [2.45, 2.75) is 38.3 Å². The molecule has 2 atom stereocenters. The Labute approximate surface area is 143 Å². The zero-order chi connectivity index (χ0) is 16.9. The van der Waals surface area contributed by atoms with Crippen LogP contribution in [0.5, 0.6) is 0 Å². The summed E-state index contributed by atoms with van der Waals surface area (Å²) < 4.78 is 15.9. The summed E-state index contributed by atoms with van der Waals surface area (Å²) in [4.78, 5) is 16.6. The molecular weight excluding hydrogens is 308 g/mol. The van der Waals surface area contributed by atoms with E-state index in [9.17, 15) is 4.79 Å². The number of hydrogen-bond acceptors (Lipinski definition) is 6. The zero-order valence-corrected chi connectivity index (χ0v) is 14.7. The number of carbonyl (C=O) groups is 1. The molecule has 6 nitrogen and oxygen atoms in total. The second-order valence-electron chi connectivity index (χ2n) is 6.67. The van der Waals surface area contributed by atoms with Gasteiger partial charge in [-0.2, -0.15) is 0 Å². The number of likely N-dealkylation sites (tertiary alicyclic amines) is 1. The molecule has 0 spiro atoms. The molecular formula is C18H28N2O4. The Bertz CT molecular complexity index is 539. The van der Waals surface area contributed by atoms with E-state index in [1.54, 1.807) is 6.07 Å². The van der Waals surface area contributed by atoms with E-state index in [0.29, 0.717) is 6.04 Å². The van der Waals surface area contributed by atoms with E-state index in [1.165, 1.54) is 26.4 Å². The SMILES string of the molecule is COC(=O)c1ccc([C@H](C)N2CCCC[C@@H]2CN2CCOCC2)o1. The summed E-state index contributed by atoms with van der Waals surface area (Å²) >= 11 is 0. The van der Waals surface area contributed by atoms with Gasteiger partial charge in [0.2, 0.25) is 5.76 Å². The van der Waals surface area contributed by atoms with Crippen LogP contribution in [0.1, 0.15) is 48.5 Å². The third-order valence-electron chi connectivity index (χ3n) is 5.17. The second kappa shape index (κ2) is 8.14. The Morgan fingerprint density at radius 1 is 1.29 bits per heavy atom. The Morgan fingerprint density at radius 2 is 2.08 bits per heavy atom. The third kappa shape index (κ3) is 3.99. The lowest BCUT2D eigenvalue weighted by atomic mass is 9.98. The van der Waals surface area contributed by atoms with Gasteiger partial charge in [-0.3, -0.25) is 9.80 Å². The summed E-state index contributed by atoms with van der Waals surface area (Å²) in [6, 6.07) is 4.30. The van der Waals surface area contributed by atoms with Gasteiger partial charge in [-0.1, -0.05) is 6.42 Å². The summed E-state index contributed by atoms with van der Waals surface area (Å²) in [6.07, 6.45) is 3.71. The van der Waals surface area contributed by atoms with Crippen molar-refractivity contribution in [2.24, 2.45) is 0 Å². The maximum absolute atomic E-state index is 11.6. The number of carbonyl (C=O) groups excluding carboxylic acids is 1. The minimum atomic E-state index is -0.419. The maximum Gasteiger partial charge on any atom is 0.373 e. The lowest BCUT2D eigenvalue weighted by Crippen LogP contribution is -2.50. The van der Waals surface area contributed by atoms with Gasteiger partial charge >= 0.3 is 5.97 Å². The summed E-state index contributed by atoms with van der Waals surface area (Å²) in [5, 5.41) is 0. The van der Waals surface area contributed by atoms with Crippen molar-refractivity contribution >= 4 is 5.97 Å². The number of nitrogens with zero attached hydrogens (tertiary/aromatic N) is 2. The van der Waals surface area contributed by atoms with E-state index in [1.807, 2.05) is 6.07 Å². The maximum atomic E-state index is 11.6. The van der Waals surface area contributed by atoms with Crippen molar-refractivity contribution in [1.82, 2.24) is 9.80 Å². The quantitative estimate of drug-likeness (QED) is 0.769. The van der Waals surface area contributed by atoms with Crippen LogP contribution in [0.15, 0.2) is 16.5 Å². The minimum absolute atomic E-state index is 0.162. The molecule has 134 valence electrons. The zero-order valence-electron chi connectivity index (χ0n) is 14.7. The molecule has 0 amide bonds. The standard InChI is InChI=1S/C18H28N2O4/c1-14(16-6-7-17(24-16)18(21)22-2)20-8-4-3-5-15(20)13-19-9-11-23-12-10-19/h6-7,14-15H,3-5,8-13H2,1-2H3/t14-,15+/m0/s1. The Hall–Kier alpha value is -1.37. The van der Waals surface area contributed by atoms with Gasteiger partial charge in [0.15, 0.2) is 0 Å². The van der Waals surface area contributed by atoms with Crippen LogP contribution in [-0.2, 0) is 9.47 Å². The highest BCUT2D eigenvalue weighted by molar-refractivity contribution is 5.86. The molecule has 2 saturated heterocycles. The predicted octanol–water partition coefficient (Wildman–Crippen LogP) is 2.31. The first-order valence-electron chi connectivity index (χ1n) is 8.93. The van der Waals surface area contributed by atoms with E-state index < -0.39 is 5.97 Å². The van der Waals surface area contributed by atoms with E-state index >= 15 is 0 Å². The van der Waals surface area contributed by atoms with Crippen molar-refractivity contribution in [3.8, 4) is 0 Å². The van der Waals surface area contributed by atoms with Gasteiger partial charge in [-0.05, 0) is 38.4 Å². The number of esters is 1. The summed E-state index contributed by atoms with van der Waals surface area (Å²) in [5.74, 6) is 0.697. The highest BCUT2D eigenvalue weighted by Gasteiger charge is 2.31. The van der Waals surface area contributed by atoms with Crippen molar-refractivity contribution in [2.75, 3.05) is 46.5 Å². The molecule has 2 aliphatic rings. The average molecular weight is 336 g/mol. The number of ether oxygens (including phenoxy) is 2. The monoisotopic (exact) mass is 336 g/mol. The van der Waals surface area contributed by atoms with Crippen molar-refractivity contribution in [3.63, 3.8) is 0 Å². The normalized spacial score (nSPS) is 24.7. The van der Waals surface area contributed by atoms with Crippen molar-refractivity contribution in [3.05, 3.63) is 23.7 Å². The molecule has 0 aliphatic carbocycles. The molecule has 0 bridgehead atoms. The van der Waals surface area contributed by atoms with Gasteiger partial charge < -0.3 is 13.9 Å². The molecule has 1 aromatic heterocycles. The van der Waals surface area contributed by atoms with Crippen LogP contribution in [-0.4, -0.2) is 68.3 Å². The highest BCUT2D eigenvalue weighted by atomic mass is 16.5. The molecule has 0 radical (unpaired) electrons. The smallest absolute Gasteiger partial charge is 0.373 e. The van der Waals surface area contributed by atoms with Crippen LogP contribution in [0.3, 0.4) is 0 Å². The molecule has 0 aromatic carbocycles. The fourth-order valence-corrected chi connectivity index (χ4v) is 3.76. The molecule has 0 N–H and O–H groups in total. The number of hydrogen-bond donors (Lipinski definition) is 0. The molecule has 2 fully saturated rings. The molecule has 1 aromatic rings. The van der Waals surface area contributed by atoms with Crippen LogP contribution in [0, 0.1) is 0 Å². The Kier molecular flexibility index (Phi) is 5.92. The van der Waals surface area contributed by atoms with E-state index in [-0.39, 0.29) is 11.8 Å². The molecule has 3 heterocycles. The fourth-order valence-electron chi connectivity index (χ4n) is 3.76. The van der Waals surface area contributed by atoms with Crippen LogP contribution < -0.4 is 0 Å². The van der Waals surface area contributed by atoms with E-state index in [4.69, 9.17) is 13.9 Å². The van der Waals surface area contributed by atoms with Gasteiger partial charge in [-0.25, -0.2) is 4.79 Å². The van der Waals surface area contributed by atoms with E-state index in [0.717, 1.165) is 45.2 Å². The lowest BCUT2D eigenvalue weighted by Gasteiger charge is -2.42. The molecule has 6 heteroatoms. The summed E-state index contributed by atoms with van der Waals surface area (Å²) in [6.45, 7) is 8.03. The molecule has 24 heavy (non-hydrogen) atoms. The van der Waals surface area contributed by atoms with Crippen LogP contribution in [0.4, 0.5) is 0 Å². The fraction of sp³-hybridized carbons (Fsp3) is 0.722. The van der Waals surface area contributed by atoms with Crippen LogP contribution in [0.25, 0.3) is 0 Å². The van der Waals surface area contributed by atoms with E-state index in [2.05, 4.69) is 16.7 Å². The number of methoxy groups -OCH3 is 1. The first kappa shape index (κ1) is 17.5. The number of furan rings is 1. The molecule has 3 rings (SSSR count). The highest BCUT2D eigenvalue weighted by Crippen LogP contribution is 2.30. The molecule has 0 unspecified atom stereocenters. The van der Waals surface area contributed by atoms with Crippen molar-refractivity contribution in [1.29, 1.82) is 0 Å². The third-order valence-corrected chi connectivity index (χ3v) is 5.17. The largest absolute Gasteiger partial charge is 0.463 e. The van der Waals surface area contributed by atoms with Crippen LogP contribution >= 0.6 is 0 Å².